The van der Waals surface area contributed by atoms with E-state index in [4.69, 9.17) is 21.4 Å². The molecule has 0 spiro atoms. The molecular weight excluding hydrogens is 266 g/mol. The van der Waals surface area contributed by atoms with Gasteiger partial charge in [-0.25, -0.2) is 0 Å². The lowest BCUT2D eigenvalue weighted by atomic mass is 9.96. The molecule has 1 aliphatic rings. The minimum atomic E-state index is -0.646. The van der Waals surface area contributed by atoms with Crippen LogP contribution in [0.2, 0.25) is 5.02 Å². The molecule has 1 aromatic carbocycles. The molecule has 2 unspecified atom stereocenters. The van der Waals surface area contributed by atoms with Gasteiger partial charge in [-0.2, -0.15) is 0 Å². The number of likely N-dealkylation sites (N-methyl/N-ethyl adjacent to an activating group) is 1. The van der Waals surface area contributed by atoms with Crippen LogP contribution in [0.5, 0.6) is 5.75 Å². The highest BCUT2D eigenvalue weighted by atomic mass is 35.5. The van der Waals surface area contributed by atoms with E-state index in [9.17, 15) is 5.11 Å². The van der Waals surface area contributed by atoms with Crippen LogP contribution < -0.4 is 4.74 Å². The lowest BCUT2D eigenvalue weighted by Crippen LogP contribution is -2.47. The molecule has 0 saturated carbocycles. The normalized spacial score (nSPS) is 22.2. The third kappa shape index (κ3) is 2.87. The van der Waals surface area contributed by atoms with E-state index >= 15 is 0 Å². The highest BCUT2D eigenvalue weighted by Crippen LogP contribution is 2.38. The number of ether oxygens (including phenoxy) is 1. The van der Waals surface area contributed by atoms with E-state index in [0.29, 0.717) is 18.2 Å². The Morgan fingerprint density at radius 3 is 2.84 bits per heavy atom. The van der Waals surface area contributed by atoms with Crippen molar-refractivity contribution < 1.29 is 14.9 Å². The molecule has 0 bridgehead atoms. The fourth-order valence-electron chi connectivity index (χ4n) is 2.63. The number of fused-ring (bicyclic) bond motifs is 1. The fourth-order valence-corrected chi connectivity index (χ4v) is 2.91. The summed E-state index contributed by atoms with van der Waals surface area (Å²) in [6, 6.07) is 3.44. The van der Waals surface area contributed by atoms with Gasteiger partial charge in [0.25, 0.3) is 0 Å². The Balaban J connectivity index is 2.30. The molecule has 1 aliphatic heterocycles. The van der Waals surface area contributed by atoms with Crippen molar-refractivity contribution in [3.05, 3.63) is 28.3 Å². The molecule has 19 heavy (non-hydrogen) atoms. The Morgan fingerprint density at radius 2 is 2.21 bits per heavy atom. The van der Waals surface area contributed by atoms with E-state index in [1.807, 2.05) is 24.8 Å². The number of aryl methyl sites for hydroxylation is 1. The number of aliphatic hydroxyl groups is 2. The average molecular weight is 286 g/mol. The predicted molar refractivity (Wildman–Crippen MR) is 74.8 cm³/mol. The van der Waals surface area contributed by atoms with Gasteiger partial charge in [-0.3, -0.25) is 4.90 Å². The molecule has 4 nitrogen and oxygen atoms in total. The van der Waals surface area contributed by atoms with Crippen LogP contribution in [0.15, 0.2) is 12.1 Å². The molecule has 5 heteroatoms. The van der Waals surface area contributed by atoms with Gasteiger partial charge >= 0.3 is 0 Å². The van der Waals surface area contributed by atoms with Gasteiger partial charge in [0.05, 0.1) is 12.6 Å². The van der Waals surface area contributed by atoms with Gasteiger partial charge in [0.2, 0.25) is 0 Å². The summed E-state index contributed by atoms with van der Waals surface area (Å²) in [6.07, 6.45) is -0.646. The second kappa shape index (κ2) is 6.09. The van der Waals surface area contributed by atoms with Gasteiger partial charge in [-0.15, -0.1) is 0 Å². The molecule has 0 amide bonds. The highest BCUT2D eigenvalue weighted by molar-refractivity contribution is 6.30. The maximum Gasteiger partial charge on any atom is 0.128 e. The van der Waals surface area contributed by atoms with E-state index in [2.05, 4.69) is 0 Å². The summed E-state index contributed by atoms with van der Waals surface area (Å²) in [7, 11) is 0. The minimum absolute atomic E-state index is 0.0679. The summed E-state index contributed by atoms with van der Waals surface area (Å²) in [4.78, 5) is 2.02. The predicted octanol–water partition coefficient (Wildman–Crippen LogP) is 1.76. The molecule has 2 atom stereocenters. The maximum absolute atomic E-state index is 10.5. The Bertz CT molecular complexity index is 453. The van der Waals surface area contributed by atoms with Gasteiger partial charge in [-0.1, -0.05) is 18.5 Å². The summed E-state index contributed by atoms with van der Waals surface area (Å²) in [5.41, 5.74) is 1.67. The number of rotatable bonds is 4. The third-order valence-electron chi connectivity index (χ3n) is 3.61. The van der Waals surface area contributed by atoms with E-state index in [-0.39, 0.29) is 12.6 Å². The van der Waals surface area contributed by atoms with Gasteiger partial charge < -0.3 is 14.9 Å². The van der Waals surface area contributed by atoms with Gasteiger partial charge in [0, 0.05) is 17.1 Å². The molecule has 106 valence electrons. The van der Waals surface area contributed by atoms with Crippen LogP contribution >= 0.6 is 11.6 Å². The zero-order valence-electron chi connectivity index (χ0n) is 11.3. The quantitative estimate of drug-likeness (QED) is 0.885. The van der Waals surface area contributed by atoms with Crippen LogP contribution in [0, 0.1) is 6.92 Å². The lowest BCUT2D eigenvalue weighted by Gasteiger charge is -2.38. The summed E-state index contributed by atoms with van der Waals surface area (Å²) >= 11 is 6.05. The SMILES string of the molecule is CCN(CCO)C1COc2c(C)cc(Cl)cc2C1O. The van der Waals surface area contributed by atoms with Crippen molar-refractivity contribution >= 4 is 11.6 Å². The largest absolute Gasteiger partial charge is 0.491 e. The Labute approximate surface area is 118 Å². The van der Waals surface area contributed by atoms with E-state index in [0.717, 1.165) is 23.4 Å². The molecule has 2 N–H and O–H groups in total. The lowest BCUT2D eigenvalue weighted by molar-refractivity contribution is -0.000628. The topological polar surface area (TPSA) is 52.9 Å². The maximum atomic E-state index is 10.5. The van der Waals surface area contributed by atoms with Crippen LogP contribution in [0.25, 0.3) is 0 Å². The van der Waals surface area contributed by atoms with Crippen LogP contribution in [0.1, 0.15) is 24.2 Å². The van der Waals surface area contributed by atoms with E-state index in [1.54, 1.807) is 6.07 Å². The van der Waals surface area contributed by atoms with Crippen molar-refractivity contribution in [1.82, 2.24) is 4.90 Å². The average Bonchev–Trinajstić information content (AvgIpc) is 2.38. The molecule has 0 aliphatic carbocycles. The van der Waals surface area contributed by atoms with Gasteiger partial charge in [0.15, 0.2) is 0 Å². The second-order valence-electron chi connectivity index (χ2n) is 4.82. The van der Waals surface area contributed by atoms with Gasteiger partial charge in [-0.05, 0) is 31.2 Å². The first-order valence-electron chi connectivity index (χ1n) is 6.54. The fraction of sp³-hybridized carbons (Fsp3) is 0.571. The van der Waals surface area contributed by atoms with Crippen molar-refractivity contribution in [2.75, 3.05) is 26.3 Å². The number of aliphatic hydroxyl groups excluding tert-OH is 2. The van der Waals surface area contributed by atoms with Crippen LogP contribution in [0.4, 0.5) is 0 Å². The number of benzene rings is 1. The summed E-state index contributed by atoms with van der Waals surface area (Å²) in [6.45, 7) is 5.68. The first kappa shape index (κ1) is 14.6. The first-order valence-corrected chi connectivity index (χ1v) is 6.92. The number of hydrogen-bond acceptors (Lipinski definition) is 4. The zero-order chi connectivity index (χ0) is 14.0. The second-order valence-corrected chi connectivity index (χ2v) is 5.25. The Hall–Kier alpha value is -0.810. The molecule has 0 aromatic heterocycles. The summed E-state index contributed by atoms with van der Waals surface area (Å²) in [5.74, 6) is 0.730. The van der Waals surface area contributed by atoms with Crippen molar-refractivity contribution in [3.63, 3.8) is 0 Å². The van der Waals surface area contributed by atoms with Crippen LogP contribution in [-0.4, -0.2) is 47.5 Å². The standard InChI is InChI=1S/C14H20ClNO3/c1-3-16(4-5-17)12-8-19-14-9(2)6-10(15)7-11(14)13(12)18/h6-7,12-13,17-18H,3-5,8H2,1-2H3. The molecule has 0 radical (unpaired) electrons. The Morgan fingerprint density at radius 1 is 1.47 bits per heavy atom. The monoisotopic (exact) mass is 285 g/mol. The van der Waals surface area contributed by atoms with Crippen molar-refractivity contribution in [3.8, 4) is 5.75 Å². The molecule has 0 saturated heterocycles. The van der Waals surface area contributed by atoms with E-state index in [1.165, 1.54) is 0 Å². The molecule has 1 heterocycles. The number of hydrogen-bond donors (Lipinski definition) is 2. The molecule has 0 fully saturated rings. The van der Waals surface area contributed by atoms with Crippen molar-refractivity contribution in [1.29, 1.82) is 0 Å². The van der Waals surface area contributed by atoms with Crippen LogP contribution in [0.3, 0.4) is 0 Å². The molecular formula is C14H20ClNO3. The number of halogens is 1. The van der Waals surface area contributed by atoms with Crippen molar-refractivity contribution in [2.45, 2.75) is 26.0 Å². The van der Waals surface area contributed by atoms with E-state index < -0.39 is 6.10 Å². The summed E-state index contributed by atoms with van der Waals surface area (Å²) < 4.78 is 5.78. The molecule has 2 rings (SSSR count). The smallest absolute Gasteiger partial charge is 0.128 e. The molecule has 1 aromatic rings. The first-order chi connectivity index (χ1) is 9.08. The number of nitrogens with zero attached hydrogens (tertiary/aromatic N) is 1. The zero-order valence-corrected chi connectivity index (χ0v) is 12.0. The Kier molecular flexibility index (Phi) is 4.68. The van der Waals surface area contributed by atoms with Crippen LogP contribution in [-0.2, 0) is 0 Å². The third-order valence-corrected chi connectivity index (χ3v) is 3.83. The highest BCUT2D eigenvalue weighted by Gasteiger charge is 2.33. The summed E-state index contributed by atoms with van der Waals surface area (Å²) in [5, 5.41) is 20.2. The van der Waals surface area contributed by atoms with Crippen molar-refractivity contribution in [2.24, 2.45) is 0 Å². The van der Waals surface area contributed by atoms with Gasteiger partial charge in [0.1, 0.15) is 18.5 Å². The minimum Gasteiger partial charge on any atom is -0.491 e.